The second kappa shape index (κ2) is 6.47. The Kier molecular flexibility index (Phi) is 4.68. The van der Waals surface area contributed by atoms with Crippen molar-refractivity contribution >= 4 is 17.5 Å². The van der Waals surface area contributed by atoms with Crippen molar-refractivity contribution in [2.45, 2.75) is 26.7 Å². The van der Waals surface area contributed by atoms with Crippen molar-refractivity contribution in [3.8, 4) is 0 Å². The number of aromatic nitrogens is 3. The molecule has 1 amide bonds. The van der Waals surface area contributed by atoms with E-state index in [-0.39, 0.29) is 5.91 Å². The Morgan fingerprint density at radius 3 is 2.85 bits per heavy atom. The van der Waals surface area contributed by atoms with Crippen molar-refractivity contribution in [3.63, 3.8) is 0 Å². The molecule has 7 heteroatoms. The van der Waals surface area contributed by atoms with Crippen LogP contribution in [0.4, 0.5) is 0 Å². The number of hydrogen-bond donors (Lipinski definition) is 1. The Morgan fingerprint density at radius 1 is 1.40 bits per heavy atom. The first kappa shape index (κ1) is 14.5. The Balaban J connectivity index is 1.93. The van der Waals surface area contributed by atoms with Crippen molar-refractivity contribution in [2.75, 3.05) is 6.54 Å². The summed E-state index contributed by atoms with van der Waals surface area (Å²) in [5, 5.41) is 6.79. The number of amides is 1. The van der Waals surface area contributed by atoms with E-state index in [1.165, 1.54) is 0 Å². The number of carbonyl (C=O) groups excluding carboxylic acids is 1. The standard InChI is InChI=1S/C13H15ClN4O2/c1-3-10-6-9(7-11(14)17-10)13(19)15-5-4-12-16-8(2)18-20-12/h6-7H,3-5H2,1-2H3,(H,15,19). The molecule has 0 unspecified atom stereocenters. The molecule has 0 aliphatic carbocycles. The summed E-state index contributed by atoms with van der Waals surface area (Å²) in [4.78, 5) is 20.2. The fourth-order valence-corrected chi connectivity index (χ4v) is 1.92. The molecule has 2 rings (SSSR count). The Bertz CT molecular complexity index is 612. The highest BCUT2D eigenvalue weighted by atomic mass is 35.5. The molecule has 0 spiro atoms. The molecule has 0 bridgehead atoms. The van der Waals surface area contributed by atoms with E-state index in [4.69, 9.17) is 16.1 Å². The molecular formula is C13H15ClN4O2. The second-order valence-electron chi connectivity index (χ2n) is 4.26. The third-order valence-corrected chi connectivity index (χ3v) is 2.86. The zero-order valence-corrected chi connectivity index (χ0v) is 12.1. The van der Waals surface area contributed by atoms with Crippen molar-refractivity contribution in [1.29, 1.82) is 0 Å². The average Bonchev–Trinajstić information content (AvgIpc) is 2.83. The van der Waals surface area contributed by atoms with Gasteiger partial charge in [0.2, 0.25) is 5.89 Å². The fraction of sp³-hybridized carbons (Fsp3) is 0.385. The number of pyridine rings is 1. The minimum atomic E-state index is -0.194. The van der Waals surface area contributed by atoms with Crippen LogP contribution in [-0.2, 0) is 12.8 Å². The number of halogens is 1. The van der Waals surface area contributed by atoms with Gasteiger partial charge in [0.1, 0.15) is 5.15 Å². The lowest BCUT2D eigenvalue weighted by atomic mass is 10.2. The molecular weight excluding hydrogens is 280 g/mol. The molecule has 0 aromatic carbocycles. The molecule has 0 saturated heterocycles. The van der Waals surface area contributed by atoms with Gasteiger partial charge in [-0.25, -0.2) is 4.98 Å². The van der Waals surface area contributed by atoms with Gasteiger partial charge in [-0.1, -0.05) is 23.7 Å². The van der Waals surface area contributed by atoms with E-state index >= 15 is 0 Å². The van der Waals surface area contributed by atoms with Crippen LogP contribution in [0.5, 0.6) is 0 Å². The summed E-state index contributed by atoms with van der Waals surface area (Å²) in [6.45, 7) is 4.12. The van der Waals surface area contributed by atoms with Crippen LogP contribution >= 0.6 is 11.6 Å². The van der Waals surface area contributed by atoms with Crippen molar-refractivity contribution in [2.24, 2.45) is 0 Å². The van der Waals surface area contributed by atoms with Gasteiger partial charge in [0, 0.05) is 24.2 Å². The van der Waals surface area contributed by atoms with Gasteiger partial charge in [0.05, 0.1) is 0 Å². The predicted octanol–water partition coefficient (Wildman–Crippen LogP) is 1.96. The number of nitrogens with one attached hydrogen (secondary N) is 1. The van der Waals surface area contributed by atoms with Crippen molar-refractivity contribution < 1.29 is 9.32 Å². The minimum Gasteiger partial charge on any atom is -0.352 e. The molecule has 0 atom stereocenters. The van der Waals surface area contributed by atoms with E-state index in [0.717, 1.165) is 12.1 Å². The molecule has 0 fully saturated rings. The van der Waals surface area contributed by atoms with Gasteiger partial charge in [0.15, 0.2) is 5.82 Å². The van der Waals surface area contributed by atoms with Crippen LogP contribution in [0.2, 0.25) is 5.15 Å². The van der Waals surface area contributed by atoms with Crippen LogP contribution < -0.4 is 5.32 Å². The highest BCUT2D eigenvalue weighted by molar-refractivity contribution is 6.29. The largest absolute Gasteiger partial charge is 0.352 e. The van der Waals surface area contributed by atoms with E-state index in [2.05, 4.69) is 20.4 Å². The quantitative estimate of drug-likeness (QED) is 0.853. The first-order valence-electron chi connectivity index (χ1n) is 6.32. The number of nitrogens with zero attached hydrogens (tertiary/aromatic N) is 3. The number of hydrogen-bond acceptors (Lipinski definition) is 5. The topological polar surface area (TPSA) is 80.9 Å². The van der Waals surface area contributed by atoms with Gasteiger partial charge in [-0.05, 0) is 25.5 Å². The Morgan fingerprint density at radius 2 is 2.20 bits per heavy atom. The van der Waals surface area contributed by atoms with Crippen LogP contribution in [0.25, 0.3) is 0 Å². The molecule has 2 aromatic rings. The minimum absolute atomic E-state index is 0.194. The molecule has 0 saturated carbocycles. The molecule has 106 valence electrons. The molecule has 2 aromatic heterocycles. The maximum Gasteiger partial charge on any atom is 0.251 e. The maximum atomic E-state index is 12.0. The number of carbonyl (C=O) groups is 1. The molecule has 20 heavy (non-hydrogen) atoms. The van der Waals surface area contributed by atoms with Crippen LogP contribution in [-0.4, -0.2) is 27.6 Å². The summed E-state index contributed by atoms with van der Waals surface area (Å²) in [6, 6.07) is 3.28. The maximum absolute atomic E-state index is 12.0. The van der Waals surface area contributed by atoms with E-state index < -0.39 is 0 Å². The van der Waals surface area contributed by atoms with E-state index in [9.17, 15) is 4.79 Å². The molecule has 0 aliphatic rings. The first-order valence-corrected chi connectivity index (χ1v) is 6.70. The third kappa shape index (κ3) is 3.77. The molecule has 0 radical (unpaired) electrons. The Hall–Kier alpha value is -1.95. The van der Waals surface area contributed by atoms with Crippen LogP contribution in [0.1, 0.15) is 34.7 Å². The number of aryl methyl sites for hydroxylation is 2. The van der Waals surface area contributed by atoms with Crippen LogP contribution in [0.15, 0.2) is 16.7 Å². The van der Waals surface area contributed by atoms with Crippen molar-refractivity contribution in [1.82, 2.24) is 20.4 Å². The molecule has 0 aliphatic heterocycles. The highest BCUT2D eigenvalue weighted by Gasteiger charge is 2.09. The van der Waals surface area contributed by atoms with Gasteiger partial charge in [-0.15, -0.1) is 0 Å². The summed E-state index contributed by atoms with van der Waals surface area (Å²) in [6.07, 6.45) is 1.22. The van der Waals surface area contributed by atoms with E-state index in [1.807, 2.05) is 6.92 Å². The average molecular weight is 295 g/mol. The fourth-order valence-electron chi connectivity index (χ4n) is 1.69. The predicted molar refractivity (Wildman–Crippen MR) is 73.7 cm³/mol. The molecule has 1 N–H and O–H groups in total. The van der Waals surface area contributed by atoms with E-state index in [1.54, 1.807) is 19.1 Å². The summed E-state index contributed by atoms with van der Waals surface area (Å²) >= 11 is 5.88. The van der Waals surface area contributed by atoms with Gasteiger partial charge < -0.3 is 9.84 Å². The smallest absolute Gasteiger partial charge is 0.251 e. The van der Waals surface area contributed by atoms with Crippen molar-refractivity contribution in [3.05, 3.63) is 40.3 Å². The highest BCUT2D eigenvalue weighted by Crippen LogP contribution is 2.11. The van der Waals surface area contributed by atoms with Gasteiger partial charge in [-0.3, -0.25) is 4.79 Å². The summed E-state index contributed by atoms with van der Waals surface area (Å²) in [7, 11) is 0. The Labute approximate surface area is 121 Å². The summed E-state index contributed by atoms with van der Waals surface area (Å²) in [5.74, 6) is 0.893. The van der Waals surface area contributed by atoms with Gasteiger partial charge in [-0.2, -0.15) is 4.98 Å². The van der Waals surface area contributed by atoms with E-state index in [0.29, 0.717) is 35.4 Å². The van der Waals surface area contributed by atoms with Gasteiger partial charge in [0.25, 0.3) is 5.91 Å². The van der Waals surface area contributed by atoms with Gasteiger partial charge >= 0.3 is 0 Å². The lowest BCUT2D eigenvalue weighted by Gasteiger charge is -2.05. The van der Waals surface area contributed by atoms with Crippen LogP contribution in [0.3, 0.4) is 0 Å². The second-order valence-corrected chi connectivity index (χ2v) is 4.65. The molecule has 6 nitrogen and oxygen atoms in total. The number of rotatable bonds is 5. The monoisotopic (exact) mass is 294 g/mol. The third-order valence-electron chi connectivity index (χ3n) is 2.67. The zero-order chi connectivity index (χ0) is 14.5. The lowest BCUT2D eigenvalue weighted by Crippen LogP contribution is -2.26. The zero-order valence-electron chi connectivity index (χ0n) is 11.3. The lowest BCUT2D eigenvalue weighted by molar-refractivity contribution is 0.0953. The SMILES string of the molecule is CCc1cc(C(=O)NCCc2nc(C)no2)cc(Cl)n1. The summed E-state index contributed by atoms with van der Waals surface area (Å²) in [5.41, 5.74) is 1.29. The normalized spacial score (nSPS) is 10.6. The first-order chi connectivity index (χ1) is 9.58. The van der Waals surface area contributed by atoms with Crippen LogP contribution in [0, 0.1) is 6.92 Å². The summed E-state index contributed by atoms with van der Waals surface area (Å²) < 4.78 is 4.96. The molecule has 2 heterocycles.